The molecule has 12 heteroatoms. The molecular formula is C21H31N3O9. The fourth-order valence-corrected chi connectivity index (χ4v) is 2.70. The van der Waals surface area contributed by atoms with Crippen molar-refractivity contribution in [2.24, 2.45) is 17.8 Å². The number of carbonyl (C=O) groups excluding carboxylic acids is 3. The molecule has 4 atom stereocenters. The maximum absolute atomic E-state index is 12.6. The summed E-state index contributed by atoms with van der Waals surface area (Å²) in [7, 11) is 0. The molecule has 0 unspecified atom stereocenters. The number of hydrogen-bond acceptors (Lipinski definition) is 11. The van der Waals surface area contributed by atoms with Gasteiger partial charge in [-0.3, -0.25) is 29.6 Å². The molecule has 2 N–H and O–H groups in total. The van der Waals surface area contributed by atoms with Crippen LogP contribution in [0.2, 0.25) is 0 Å². The zero-order chi connectivity index (χ0) is 25.8. The van der Waals surface area contributed by atoms with Crippen LogP contribution in [0.5, 0.6) is 0 Å². The number of esters is 3. The zero-order valence-electron chi connectivity index (χ0n) is 20.4. The van der Waals surface area contributed by atoms with Gasteiger partial charge >= 0.3 is 23.6 Å². The predicted molar refractivity (Wildman–Crippen MR) is 113 cm³/mol. The highest BCUT2D eigenvalue weighted by Crippen LogP contribution is 2.34. The highest BCUT2D eigenvalue weighted by Gasteiger charge is 2.51. The Hall–Kier alpha value is -2.99. The number of carbonyl (C=O) groups is 3. The van der Waals surface area contributed by atoms with Gasteiger partial charge in [-0.05, 0) is 6.07 Å². The van der Waals surface area contributed by atoms with E-state index < -0.39 is 72.5 Å². The minimum atomic E-state index is -2.43. The Balaban J connectivity index is 2.56. The van der Waals surface area contributed by atoms with Gasteiger partial charge in [0.2, 0.25) is 0 Å². The Labute approximate surface area is 192 Å². The Morgan fingerprint density at radius 3 is 2.12 bits per heavy atom. The molecule has 33 heavy (non-hydrogen) atoms. The van der Waals surface area contributed by atoms with E-state index in [1.165, 1.54) is 6.07 Å². The minimum absolute atomic E-state index is 0.191. The summed E-state index contributed by atoms with van der Waals surface area (Å²) in [5.74, 6) is -3.80. The van der Waals surface area contributed by atoms with Crippen LogP contribution in [0.15, 0.2) is 17.1 Å². The monoisotopic (exact) mass is 470 g/mol. The molecule has 0 radical (unpaired) electrons. The van der Waals surface area contributed by atoms with Crippen LogP contribution in [-0.4, -0.2) is 57.6 Å². The third-order valence-electron chi connectivity index (χ3n) is 4.64. The smallest absolute Gasteiger partial charge is 0.351 e. The van der Waals surface area contributed by atoms with Crippen molar-refractivity contribution in [1.82, 2.24) is 9.55 Å². The van der Waals surface area contributed by atoms with Crippen LogP contribution in [0.3, 0.4) is 0 Å². The zero-order valence-corrected chi connectivity index (χ0v) is 19.4. The normalized spacial score (nSPS) is 25.2. The van der Waals surface area contributed by atoms with Crippen molar-refractivity contribution in [2.45, 2.75) is 66.1 Å². The van der Waals surface area contributed by atoms with Crippen molar-refractivity contribution in [3.05, 3.63) is 22.7 Å². The molecule has 2 rings (SSSR count). The van der Waals surface area contributed by atoms with Crippen LogP contribution in [0, 0.1) is 17.8 Å². The fourth-order valence-electron chi connectivity index (χ4n) is 2.70. The van der Waals surface area contributed by atoms with Crippen LogP contribution in [0.25, 0.3) is 0 Å². The van der Waals surface area contributed by atoms with Crippen molar-refractivity contribution in [2.75, 3.05) is 12.1 Å². The van der Waals surface area contributed by atoms with Gasteiger partial charge in [-0.25, -0.2) is 4.79 Å². The van der Waals surface area contributed by atoms with Crippen LogP contribution >= 0.6 is 0 Å². The lowest BCUT2D eigenvalue weighted by Gasteiger charge is -2.26. The molecule has 0 amide bonds. The molecule has 184 valence electrons. The summed E-state index contributed by atoms with van der Waals surface area (Å²) in [5, 5.41) is 9.00. The summed E-state index contributed by atoms with van der Waals surface area (Å²) in [6.07, 6.45) is -5.56. The first-order valence-corrected chi connectivity index (χ1v) is 10.6. The molecule has 0 aliphatic carbocycles. The highest BCUT2D eigenvalue weighted by atomic mass is 16.7. The Bertz CT molecular complexity index is 965. The topological polar surface area (TPSA) is 155 Å². The standard InChI is InChI=1S/C21H31N3O9/c1-10(2)18(25)30-9-13-15(32-19(26)11(3)4)16(33-20(27)12(5)6)17(31-13)24-8-7-14(23-29)22-21(24)28/h7-8,10-13,15-17,29H,9H2,1-6H3,(H,22,23,28)/t13-,15-,16-,17-/m1/s1/i17D. The van der Waals surface area contributed by atoms with E-state index in [1.807, 2.05) is 0 Å². The van der Waals surface area contributed by atoms with Crippen molar-refractivity contribution >= 4 is 23.7 Å². The molecule has 1 saturated heterocycles. The molecule has 1 fully saturated rings. The largest absolute Gasteiger partial charge is 0.463 e. The van der Waals surface area contributed by atoms with Crippen LogP contribution in [-0.2, 0) is 33.3 Å². The summed E-state index contributed by atoms with van der Waals surface area (Å²) in [5.41, 5.74) is 0.697. The second-order valence-corrected chi connectivity index (χ2v) is 8.42. The number of anilines is 1. The lowest BCUT2D eigenvalue weighted by atomic mass is 10.1. The van der Waals surface area contributed by atoms with E-state index in [1.54, 1.807) is 47.0 Å². The molecule has 1 aliphatic heterocycles. The van der Waals surface area contributed by atoms with E-state index in [4.69, 9.17) is 25.5 Å². The van der Waals surface area contributed by atoms with Gasteiger partial charge in [-0.15, -0.1) is 0 Å². The van der Waals surface area contributed by atoms with Gasteiger partial charge in [0, 0.05) is 6.20 Å². The molecule has 2 heterocycles. The number of hydrogen-bond donors (Lipinski definition) is 2. The van der Waals surface area contributed by atoms with Crippen molar-refractivity contribution in [1.29, 1.82) is 0 Å². The fraction of sp³-hybridized carbons (Fsp3) is 0.667. The van der Waals surface area contributed by atoms with E-state index >= 15 is 0 Å². The van der Waals surface area contributed by atoms with Gasteiger partial charge in [0.1, 0.15) is 12.7 Å². The molecule has 1 aromatic rings. The lowest BCUT2D eigenvalue weighted by molar-refractivity contribution is -0.173. The first-order valence-electron chi connectivity index (χ1n) is 11.1. The van der Waals surface area contributed by atoms with Gasteiger partial charge in [-0.1, -0.05) is 41.5 Å². The van der Waals surface area contributed by atoms with Gasteiger partial charge in [0.25, 0.3) is 0 Å². The average molecular weight is 470 g/mol. The maximum atomic E-state index is 12.6. The van der Waals surface area contributed by atoms with Crippen molar-refractivity contribution < 1.29 is 39.9 Å². The molecular weight excluding hydrogens is 438 g/mol. The maximum Gasteiger partial charge on any atom is 0.351 e. The second kappa shape index (κ2) is 11.2. The average Bonchev–Trinajstić information content (AvgIpc) is 3.02. The summed E-state index contributed by atoms with van der Waals surface area (Å²) in [6, 6.07) is 1.18. The van der Waals surface area contributed by atoms with Crippen molar-refractivity contribution in [3.63, 3.8) is 0 Å². The molecule has 1 aromatic heterocycles. The third kappa shape index (κ3) is 6.51. The Morgan fingerprint density at radius 2 is 1.64 bits per heavy atom. The quantitative estimate of drug-likeness (QED) is 0.304. The number of rotatable bonds is 9. The number of nitrogens with one attached hydrogen (secondary N) is 1. The summed E-state index contributed by atoms with van der Waals surface area (Å²) in [6.45, 7) is 9.12. The molecule has 1 aliphatic rings. The molecule has 0 saturated carbocycles. The van der Waals surface area contributed by atoms with Crippen LogP contribution < -0.4 is 11.2 Å². The van der Waals surface area contributed by atoms with Gasteiger partial charge in [-0.2, -0.15) is 4.98 Å². The van der Waals surface area contributed by atoms with E-state index in [0.717, 1.165) is 10.8 Å². The third-order valence-corrected chi connectivity index (χ3v) is 4.64. The van der Waals surface area contributed by atoms with Crippen molar-refractivity contribution in [3.8, 4) is 0 Å². The lowest BCUT2D eigenvalue weighted by Crippen LogP contribution is -2.43. The van der Waals surface area contributed by atoms with Gasteiger partial charge in [0.15, 0.2) is 24.2 Å². The Morgan fingerprint density at radius 1 is 1.09 bits per heavy atom. The summed E-state index contributed by atoms with van der Waals surface area (Å²) >= 11 is 0. The molecule has 12 nitrogen and oxygen atoms in total. The van der Waals surface area contributed by atoms with E-state index in [-0.39, 0.29) is 5.82 Å². The minimum Gasteiger partial charge on any atom is -0.463 e. The number of nitrogens with zero attached hydrogens (tertiary/aromatic N) is 2. The first-order chi connectivity index (χ1) is 15.8. The summed E-state index contributed by atoms with van der Waals surface area (Å²) in [4.78, 5) is 53.2. The van der Waals surface area contributed by atoms with Crippen LogP contribution in [0.4, 0.5) is 5.82 Å². The Kier molecular flexibility index (Phi) is 8.39. The first kappa shape index (κ1) is 24.6. The summed E-state index contributed by atoms with van der Waals surface area (Å²) < 4.78 is 31.8. The molecule has 0 aromatic carbocycles. The van der Waals surface area contributed by atoms with Gasteiger partial charge in [0.05, 0.1) is 19.1 Å². The molecule has 0 spiro atoms. The SMILES string of the molecule is [2H][C@@]1(n2ccc(NO)nc2=O)O[C@H](COC(=O)C(C)C)[C@@H](OC(=O)C(C)C)[C@H]1OC(=O)C(C)C. The number of ether oxygens (including phenoxy) is 4. The highest BCUT2D eigenvalue weighted by molar-refractivity contribution is 5.73. The molecule has 0 bridgehead atoms. The van der Waals surface area contributed by atoms with E-state index in [0.29, 0.717) is 0 Å². The predicted octanol–water partition coefficient (Wildman–Crippen LogP) is 1.28. The second-order valence-electron chi connectivity index (χ2n) is 8.42. The van der Waals surface area contributed by atoms with E-state index in [9.17, 15) is 19.2 Å². The van der Waals surface area contributed by atoms with Crippen LogP contribution in [0.1, 0.15) is 49.1 Å². The number of aromatic nitrogens is 2. The van der Waals surface area contributed by atoms with Gasteiger partial charge < -0.3 is 18.9 Å². The van der Waals surface area contributed by atoms with E-state index in [2.05, 4.69) is 4.98 Å².